The van der Waals surface area contributed by atoms with E-state index >= 15 is 17.3 Å². The highest BCUT2D eigenvalue weighted by atomic mass is 19.3. The molecule has 0 aromatic carbocycles. The van der Waals surface area contributed by atoms with Gasteiger partial charge in [0.1, 0.15) is 11.4 Å². The molecular weight excluding hydrogens is 502 g/mol. The van der Waals surface area contributed by atoms with Crippen LogP contribution in [0.3, 0.4) is 0 Å². The minimum absolute atomic E-state index is 0.307. The fraction of sp³-hybridized carbons (Fsp3) is 0.379. The highest BCUT2D eigenvalue weighted by Crippen LogP contribution is 2.45. The molecule has 0 unspecified atom stereocenters. The van der Waals surface area contributed by atoms with Gasteiger partial charge in [-0.05, 0) is 76.2 Å². The van der Waals surface area contributed by atoms with Gasteiger partial charge in [-0.1, -0.05) is 13.8 Å². The van der Waals surface area contributed by atoms with Crippen molar-refractivity contribution in [1.82, 2.24) is 8.96 Å². The van der Waals surface area contributed by atoms with Crippen molar-refractivity contribution in [3.8, 4) is 0 Å². The van der Waals surface area contributed by atoms with Crippen molar-refractivity contribution in [2.75, 3.05) is 0 Å². The maximum absolute atomic E-state index is 16.5. The fourth-order valence-corrected chi connectivity index (χ4v) is 7.58. The maximum atomic E-state index is 16.5. The van der Waals surface area contributed by atoms with Crippen molar-refractivity contribution in [1.29, 1.82) is 0 Å². The predicted molar refractivity (Wildman–Crippen MR) is 152 cm³/mol. The molecule has 0 bridgehead atoms. The van der Waals surface area contributed by atoms with Crippen LogP contribution in [0.15, 0.2) is 58.0 Å². The van der Waals surface area contributed by atoms with Crippen LogP contribution in [-0.2, 0) is 5.41 Å². The van der Waals surface area contributed by atoms with Crippen LogP contribution in [-0.4, -0.2) is 43.3 Å². The Hall–Kier alpha value is -3.29. The number of rotatable bonds is 4. The van der Waals surface area contributed by atoms with Crippen LogP contribution in [0.5, 0.6) is 0 Å². The fourth-order valence-electron chi connectivity index (χ4n) is 7.58. The monoisotopic (exact) mass is 536 g/mol. The quantitative estimate of drug-likeness (QED) is 0.291. The summed E-state index contributed by atoms with van der Waals surface area (Å²) in [4.78, 5) is 0. The largest absolute Gasteiger partial charge is 0.737 e. The molecule has 10 heteroatoms. The molecule has 6 rings (SSSR count). The topological polar surface area (TPSA) is 15.9 Å². The van der Waals surface area contributed by atoms with Crippen molar-refractivity contribution in [2.45, 2.75) is 73.6 Å². The Balaban J connectivity index is 1.54. The molecule has 6 heterocycles. The molecule has 0 N–H and O–H groups in total. The Morgan fingerprint density at radius 1 is 0.667 bits per heavy atom. The number of allylic oxidation sites excluding steroid dienone is 4. The molecular formula is C29H34B2F4N4. The third kappa shape index (κ3) is 3.03. The summed E-state index contributed by atoms with van der Waals surface area (Å²) < 4.78 is 70.4. The van der Waals surface area contributed by atoms with Gasteiger partial charge in [0.2, 0.25) is 0 Å². The van der Waals surface area contributed by atoms with E-state index in [2.05, 4.69) is 0 Å². The number of halogens is 4. The summed E-state index contributed by atoms with van der Waals surface area (Å²) in [6.07, 6.45) is 4.92. The molecule has 2 aromatic rings. The Morgan fingerprint density at radius 3 is 1.36 bits per heavy atom. The Labute approximate surface area is 227 Å². The lowest BCUT2D eigenvalue weighted by Crippen LogP contribution is -2.54. The van der Waals surface area contributed by atoms with Crippen LogP contribution >= 0.6 is 0 Å². The molecule has 2 aromatic heterocycles. The summed E-state index contributed by atoms with van der Waals surface area (Å²) in [7, 11) is 0. The van der Waals surface area contributed by atoms with Gasteiger partial charge in [0.25, 0.3) is 0 Å². The molecule has 204 valence electrons. The first-order chi connectivity index (χ1) is 18.2. The summed E-state index contributed by atoms with van der Waals surface area (Å²) in [5.41, 5.74) is 5.97. The second-order valence-electron chi connectivity index (χ2n) is 11.7. The summed E-state index contributed by atoms with van der Waals surface area (Å²) in [6, 6.07) is 6.71. The van der Waals surface area contributed by atoms with Crippen molar-refractivity contribution in [3.05, 3.63) is 80.7 Å². The molecule has 0 radical (unpaired) electrons. The Bertz CT molecular complexity index is 1570. The smallest absolute Gasteiger partial charge is 0.393 e. The van der Waals surface area contributed by atoms with E-state index in [0.717, 1.165) is 40.2 Å². The first-order valence-electron chi connectivity index (χ1n) is 13.8. The molecule has 4 nitrogen and oxygen atoms in total. The van der Waals surface area contributed by atoms with Crippen molar-refractivity contribution in [2.24, 2.45) is 0 Å². The van der Waals surface area contributed by atoms with E-state index in [1.807, 2.05) is 27.7 Å². The van der Waals surface area contributed by atoms with Gasteiger partial charge in [-0.2, -0.15) is 0 Å². The molecule has 0 fully saturated rings. The molecule has 0 saturated heterocycles. The molecule has 0 aliphatic carbocycles. The Kier molecular flexibility index (Phi) is 5.25. The van der Waals surface area contributed by atoms with Crippen LogP contribution in [0.2, 0.25) is 0 Å². The lowest BCUT2D eigenvalue weighted by atomic mass is 9.79. The zero-order valence-electron chi connectivity index (χ0n) is 23.8. The summed E-state index contributed by atoms with van der Waals surface area (Å²) in [6.45, 7) is 6.25. The Morgan fingerprint density at radius 2 is 1.03 bits per heavy atom. The van der Waals surface area contributed by atoms with Crippen LogP contribution in [0.1, 0.15) is 91.0 Å². The highest BCUT2D eigenvalue weighted by Gasteiger charge is 2.57. The summed E-state index contributed by atoms with van der Waals surface area (Å²) >= 11 is 0. The van der Waals surface area contributed by atoms with E-state index in [0.29, 0.717) is 58.4 Å². The van der Waals surface area contributed by atoms with Gasteiger partial charge in [0.05, 0.1) is 0 Å². The van der Waals surface area contributed by atoms with Crippen molar-refractivity contribution in [3.63, 3.8) is 0 Å². The summed E-state index contributed by atoms with van der Waals surface area (Å²) in [5, 5.41) is 0. The molecule has 4 aliphatic rings. The van der Waals surface area contributed by atoms with Gasteiger partial charge < -0.3 is 35.2 Å². The zero-order chi connectivity index (χ0) is 28.4. The van der Waals surface area contributed by atoms with Crippen LogP contribution in [0.25, 0.3) is 12.2 Å². The van der Waals surface area contributed by atoms with E-state index < -0.39 is 19.4 Å². The molecule has 0 amide bonds. The number of fused-ring (bicyclic) bond motifs is 4. The minimum atomic E-state index is -4.24. The second-order valence-corrected chi connectivity index (χ2v) is 11.7. The third-order valence-corrected chi connectivity index (χ3v) is 9.49. The number of nitrogens with zero attached hydrogens (tertiary/aromatic N) is 4. The first kappa shape index (κ1) is 26.0. The first-order valence-corrected chi connectivity index (χ1v) is 13.8. The highest BCUT2D eigenvalue weighted by molar-refractivity contribution is 6.59. The second kappa shape index (κ2) is 7.89. The number of hydrogen-bond donors (Lipinski definition) is 0. The predicted octanol–water partition coefficient (Wildman–Crippen LogP) is 7.20. The van der Waals surface area contributed by atoms with Crippen LogP contribution in [0, 0.1) is 0 Å². The van der Waals surface area contributed by atoms with Gasteiger partial charge in [0.15, 0.2) is 11.4 Å². The normalized spacial score (nSPS) is 21.3. The molecule has 4 aliphatic heterocycles. The van der Waals surface area contributed by atoms with E-state index in [1.54, 1.807) is 64.1 Å². The van der Waals surface area contributed by atoms with Crippen LogP contribution < -0.4 is 0 Å². The maximum Gasteiger partial charge on any atom is 0.737 e. The molecule has 0 spiro atoms. The van der Waals surface area contributed by atoms with Gasteiger partial charge >= 0.3 is 13.9 Å². The van der Waals surface area contributed by atoms with E-state index in [9.17, 15) is 0 Å². The van der Waals surface area contributed by atoms with Gasteiger partial charge in [-0.15, -0.1) is 0 Å². The molecule has 0 saturated carbocycles. The van der Waals surface area contributed by atoms with E-state index in [1.165, 1.54) is 0 Å². The van der Waals surface area contributed by atoms with E-state index in [-0.39, 0.29) is 0 Å². The van der Waals surface area contributed by atoms with Crippen molar-refractivity contribution < 1.29 is 26.2 Å². The summed E-state index contributed by atoms with van der Waals surface area (Å²) in [5.74, 6) is 0. The van der Waals surface area contributed by atoms with Gasteiger partial charge in [0, 0.05) is 65.1 Å². The average Bonchev–Trinajstić information content (AvgIpc) is 3.59. The lowest BCUT2D eigenvalue weighted by molar-refractivity contribution is -0.363. The standard InChI is InChI=1S/C29H34B2F4N4/c1-9-23-17(3)25-15-21-11-13-27(38(21)30(32,33)36(25)19(23)5)29(7,8)28-14-12-22-16-26-18(4)24(10-2)20(6)37(26)31(34,35)39(22)28/h11-16H,9-10H2,1-8H3. The molecule has 39 heavy (non-hydrogen) atoms. The van der Waals surface area contributed by atoms with Gasteiger partial charge in [-0.3, -0.25) is 0 Å². The van der Waals surface area contributed by atoms with Crippen molar-refractivity contribution >= 4 is 37.5 Å². The minimum Gasteiger partial charge on any atom is -0.393 e. The zero-order valence-corrected chi connectivity index (χ0v) is 23.8. The number of hydrogen-bond acceptors (Lipinski definition) is 0. The SMILES string of the molecule is CCC1=C(C)C2=Cc3ccc(C(C)(C)c4ccc5n4[B-](F)(F)[N+]4=C(C)C(CC)=C(C)C4=C5)n3[B-](F)(F)[N+]2=C1C. The average molecular weight is 536 g/mol. The van der Waals surface area contributed by atoms with Gasteiger partial charge in [-0.25, -0.2) is 0 Å². The van der Waals surface area contributed by atoms with E-state index in [4.69, 9.17) is 0 Å². The lowest BCUT2D eigenvalue weighted by Gasteiger charge is -2.39. The van der Waals surface area contributed by atoms with Crippen LogP contribution in [0.4, 0.5) is 17.3 Å². The number of aromatic nitrogens is 2. The third-order valence-electron chi connectivity index (χ3n) is 9.49. The molecule has 0 atom stereocenters.